The number of rotatable bonds is 7. The number of aryl methyl sites for hydroxylation is 1. The first-order chi connectivity index (χ1) is 13.2. The van der Waals surface area contributed by atoms with Crippen LogP contribution in [0.3, 0.4) is 0 Å². The molecule has 0 saturated heterocycles. The van der Waals surface area contributed by atoms with Gasteiger partial charge in [0.05, 0.1) is 0 Å². The molecule has 1 N–H and O–H groups in total. The fourth-order valence-electron chi connectivity index (χ4n) is 2.73. The third-order valence-electron chi connectivity index (χ3n) is 4.36. The summed E-state index contributed by atoms with van der Waals surface area (Å²) >= 11 is 0. The van der Waals surface area contributed by atoms with Gasteiger partial charge in [0.1, 0.15) is 5.82 Å². The molecule has 0 saturated carbocycles. The zero-order chi connectivity index (χ0) is 19.1. The number of amides is 1. The number of aromatic nitrogens is 2. The number of benzene rings is 2. The molecule has 0 atom stereocenters. The van der Waals surface area contributed by atoms with E-state index in [1.54, 1.807) is 17.0 Å². The monoisotopic (exact) mass is 360 g/mol. The van der Waals surface area contributed by atoms with Gasteiger partial charge in [0, 0.05) is 19.6 Å². The molecule has 0 spiro atoms. The highest BCUT2D eigenvalue weighted by Gasteiger charge is 2.16. The second kappa shape index (κ2) is 8.94. The minimum atomic E-state index is -0.112. The van der Waals surface area contributed by atoms with E-state index in [9.17, 15) is 4.79 Å². The van der Waals surface area contributed by atoms with Gasteiger partial charge >= 0.3 is 0 Å². The maximum Gasteiger partial charge on any atom is 0.274 e. The van der Waals surface area contributed by atoms with Gasteiger partial charge in [-0.15, -0.1) is 10.2 Å². The van der Waals surface area contributed by atoms with E-state index >= 15 is 0 Å². The minimum Gasteiger partial charge on any atom is -0.365 e. The molecule has 0 unspecified atom stereocenters. The number of nitrogens with one attached hydrogen (secondary N) is 1. The van der Waals surface area contributed by atoms with E-state index in [1.165, 1.54) is 11.1 Å². The second-order valence-corrected chi connectivity index (χ2v) is 6.45. The summed E-state index contributed by atoms with van der Waals surface area (Å²) in [7, 11) is 0. The van der Waals surface area contributed by atoms with Crippen molar-refractivity contribution in [3.05, 3.63) is 89.1 Å². The first-order valence-electron chi connectivity index (χ1n) is 9.12. The van der Waals surface area contributed by atoms with Crippen molar-refractivity contribution >= 4 is 11.7 Å². The van der Waals surface area contributed by atoms with Crippen LogP contribution in [-0.2, 0) is 13.1 Å². The molecule has 1 heterocycles. The van der Waals surface area contributed by atoms with E-state index in [-0.39, 0.29) is 5.91 Å². The van der Waals surface area contributed by atoms with E-state index in [4.69, 9.17) is 0 Å². The van der Waals surface area contributed by atoms with Gasteiger partial charge in [-0.2, -0.15) is 0 Å². The predicted octanol–water partition coefficient (Wildman–Crippen LogP) is 4.06. The topological polar surface area (TPSA) is 58.1 Å². The van der Waals surface area contributed by atoms with Gasteiger partial charge in [-0.05, 0) is 37.1 Å². The van der Waals surface area contributed by atoms with Crippen LogP contribution in [0.2, 0.25) is 0 Å². The number of carbonyl (C=O) groups is 1. The zero-order valence-corrected chi connectivity index (χ0v) is 15.7. The van der Waals surface area contributed by atoms with Gasteiger partial charge in [-0.3, -0.25) is 4.79 Å². The van der Waals surface area contributed by atoms with Crippen LogP contribution in [0.1, 0.15) is 34.1 Å². The number of hydrogen-bond acceptors (Lipinski definition) is 4. The summed E-state index contributed by atoms with van der Waals surface area (Å²) in [5.74, 6) is 0.539. The lowest BCUT2D eigenvalue weighted by Crippen LogP contribution is -2.31. The fourth-order valence-corrected chi connectivity index (χ4v) is 2.73. The van der Waals surface area contributed by atoms with Crippen LogP contribution >= 0.6 is 0 Å². The standard InChI is InChI=1S/C22H24N4O/c1-3-26(16-19-7-5-4-6-8-19)22(27)20-13-14-21(25-24-20)23-15-18-11-9-17(2)10-12-18/h4-14H,3,15-16H2,1-2H3,(H,23,25). The first kappa shape index (κ1) is 18.6. The van der Waals surface area contributed by atoms with Crippen LogP contribution in [0.25, 0.3) is 0 Å². The largest absolute Gasteiger partial charge is 0.365 e. The highest BCUT2D eigenvalue weighted by molar-refractivity contribution is 5.92. The molecule has 0 fully saturated rings. The summed E-state index contributed by atoms with van der Waals surface area (Å²) in [5, 5.41) is 11.5. The van der Waals surface area contributed by atoms with Crippen molar-refractivity contribution < 1.29 is 4.79 Å². The number of hydrogen-bond donors (Lipinski definition) is 1. The van der Waals surface area contributed by atoms with Gasteiger partial charge in [0.25, 0.3) is 5.91 Å². The Morgan fingerprint density at radius 3 is 2.30 bits per heavy atom. The molecule has 0 radical (unpaired) electrons. The van der Waals surface area contributed by atoms with Gasteiger partial charge in [0.2, 0.25) is 0 Å². The smallest absolute Gasteiger partial charge is 0.274 e. The lowest BCUT2D eigenvalue weighted by Gasteiger charge is -2.20. The van der Waals surface area contributed by atoms with Gasteiger partial charge in [0.15, 0.2) is 5.69 Å². The molecule has 1 amide bonds. The summed E-state index contributed by atoms with van der Waals surface area (Å²) in [6.45, 7) is 5.87. The van der Waals surface area contributed by atoms with Gasteiger partial charge in [-0.1, -0.05) is 60.2 Å². The number of anilines is 1. The van der Waals surface area contributed by atoms with E-state index in [0.29, 0.717) is 31.1 Å². The maximum absolute atomic E-state index is 12.7. The fraction of sp³-hybridized carbons (Fsp3) is 0.227. The van der Waals surface area contributed by atoms with Crippen molar-refractivity contribution in [2.45, 2.75) is 26.9 Å². The molecule has 0 aliphatic carbocycles. The van der Waals surface area contributed by atoms with E-state index in [1.807, 2.05) is 37.3 Å². The Hall–Kier alpha value is -3.21. The van der Waals surface area contributed by atoms with Crippen molar-refractivity contribution in [2.75, 3.05) is 11.9 Å². The average Bonchev–Trinajstić information content (AvgIpc) is 2.72. The molecule has 5 heteroatoms. The molecule has 0 aliphatic rings. The van der Waals surface area contributed by atoms with Gasteiger partial charge < -0.3 is 10.2 Å². The average molecular weight is 360 g/mol. The summed E-state index contributed by atoms with van der Waals surface area (Å²) < 4.78 is 0. The zero-order valence-electron chi connectivity index (χ0n) is 15.7. The number of nitrogens with zero attached hydrogens (tertiary/aromatic N) is 3. The Balaban J connectivity index is 1.61. The number of carbonyl (C=O) groups excluding carboxylic acids is 1. The van der Waals surface area contributed by atoms with Crippen LogP contribution < -0.4 is 5.32 Å². The summed E-state index contributed by atoms with van der Waals surface area (Å²) in [5.41, 5.74) is 3.85. The van der Waals surface area contributed by atoms with Crippen molar-refractivity contribution in [1.29, 1.82) is 0 Å². The third-order valence-corrected chi connectivity index (χ3v) is 4.36. The van der Waals surface area contributed by atoms with Crippen LogP contribution in [0, 0.1) is 6.92 Å². The predicted molar refractivity (Wildman–Crippen MR) is 107 cm³/mol. The molecule has 3 rings (SSSR count). The van der Waals surface area contributed by atoms with Crippen LogP contribution in [0.15, 0.2) is 66.7 Å². The maximum atomic E-state index is 12.7. The molecule has 1 aromatic heterocycles. The molecule has 0 aliphatic heterocycles. The molecule has 5 nitrogen and oxygen atoms in total. The highest BCUT2D eigenvalue weighted by atomic mass is 16.2. The Bertz CT molecular complexity index is 861. The normalized spacial score (nSPS) is 10.4. The minimum absolute atomic E-state index is 0.112. The van der Waals surface area contributed by atoms with E-state index in [0.717, 1.165) is 5.56 Å². The van der Waals surface area contributed by atoms with E-state index < -0.39 is 0 Å². The van der Waals surface area contributed by atoms with Gasteiger partial charge in [-0.25, -0.2) is 0 Å². The summed E-state index contributed by atoms with van der Waals surface area (Å²) in [6, 6.07) is 21.8. The molecule has 2 aromatic carbocycles. The van der Waals surface area contributed by atoms with Crippen LogP contribution in [0.5, 0.6) is 0 Å². The molecule has 0 bridgehead atoms. The second-order valence-electron chi connectivity index (χ2n) is 6.45. The van der Waals surface area contributed by atoms with Crippen molar-refractivity contribution in [2.24, 2.45) is 0 Å². The Morgan fingerprint density at radius 2 is 1.67 bits per heavy atom. The van der Waals surface area contributed by atoms with Crippen molar-refractivity contribution in [3.8, 4) is 0 Å². The molecule has 3 aromatic rings. The van der Waals surface area contributed by atoms with E-state index in [2.05, 4.69) is 46.7 Å². The molecular weight excluding hydrogens is 336 g/mol. The summed E-state index contributed by atoms with van der Waals surface area (Å²) in [4.78, 5) is 14.5. The van der Waals surface area contributed by atoms with Crippen LogP contribution in [-0.4, -0.2) is 27.5 Å². The Kier molecular flexibility index (Phi) is 6.15. The molecule has 138 valence electrons. The quantitative estimate of drug-likeness (QED) is 0.690. The molecular formula is C22H24N4O. The lowest BCUT2D eigenvalue weighted by molar-refractivity contribution is 0.0745. The summed E-state index contributed by atoms with van der Waals surface area (Å²) in [6.07, 6.45) is 0. The SMILES string of the molecule is CCN(Cc1ccccc1)C(=O)c1ccc(NCc2ccc(C)cc2)nn1. The highest BCUT2D eigenvalue weighted by Crippen LogP contribution is 2.11. The van der Waals surface area contributed by atoms with Crippen LogP contribution in [0.4, 0.5) is 5.82 Å². The molecule has 27 heavy (non-hydrogen) atoms. The lowest BCUT2D eigenvalue weighted by atomic mass is 10.1. The third kappa shape index (κ3) is 5.14. The Morgan fingerprint density at radius 1 is 0.926 bits per heavy atom. The van der Waals surface area contributed by atoms with Crippen molar-refractivity contribution in [1.82, 2.24) is 15.1 Å². The Labute approximate surface area is 160 Å². The van der Waals surface area contributed by atoms with Crippen molar-refractivity contribution in [3.63, 3.8) is 0 Å². The first-order valence-corrected chi connectivity index (χ1v) is 9.12.